The van der Waals surface area contributed by atoms with Crippen LogP contribution < -0.4 is 0 Å². The summed E-state index contributed by atoms with van der Waals surface area (Å²) in [7, 11) is 1.36. The number of rotatable bonds is 6. The molecule has 1 saturated carbocycles. The van der Waals surface area contributed by atoms with Crippen molar-refractivity contribution in [2.75, 3.05) is 7.11 Å². The number of methoxy groups -OCH3 is 1. The Kier molecular flexibility index (Phi) is 5.84. The van der Waals surface area contributed by atoms with Gasteiger partial charge < -0.3 is 9.84 Å². The van der Waals surface area contributed by atoms with Crippen LogP contribution in [0.5, 0.6) is 0 Å². The van der Waals surface area contributed by atoms with Crippen LogP contribution in [0.25, 0.3) is 0 Å². The monoisotopic (exact) mass is 360 g/mol. The lowest BCUT2D eigenvalue weighted by atomic mass is 9.51. The Morgan fingerprint density at radius 1 is 1.35 bits per heavy atom. The van der Waals surface area contributed by atoms with Crippen LogP contribution in [-0.4, -0.2) is 23.8 Å². The lowest BCUT2D eigenvalue weighted by molar-refractivity contribution is -0.120. The number of carbonyl (C=O) groups is 2. The SMILES string of the molecule is C=C[C@H](CC1=C(O)C(=O)C=C(OC)C1=O)[C@@]1(C)CCCC(C)(C)C1CC. The molecule has 0 bridgehead atoms. The third-order valence-corrected chi connectivity index (χ3v) is 6.74. The van der Waals surface area contributed by atoms with Crippen LogP contribution in [0.15, 0.2) is 35.8 Å². The maximum absolute atomic E-state index is 12.6. The quantitative estimate of drug-likeness (QED) is 0.540. The molecule has 0 aromatic carbocycles. The van der Waals surface area contributed by atoms with Gasteiger partial charge in [0, 0.05) is 11.6 Å². The van der Waals surface area contributed by atoms with Crippen LogP contribution in [0.2, 0.25) is 0 Å². The van der Waals surface area contributed by atoms with Crippen LogP contribution in [-0.2, 0) is 14.3 Å². The molecule has 0 aromatic heterocycles. The highest BCUT2D eigenvalue weighted by Gasteiger charge is 2.49. The van der Waals surface area contributed by atoms with Crippen molar-refractivity contribution in [1.82, 2.24) is 0 Å². The first kappa shape index (κ1) is 20.5. The average molecular weight is 360 g/mol. The fourth-order valence-corrected chi connectivity index (χ4v) is 5.43. The summed E-state index contributed by atoms with van der Waals surface area (Å²) >= 11 is 0. The molecular weight excluding hydrogens is 328 g/mol. The van der Waals surface area contributed by atoms with Crippen LogP contribution in [0.1, 0.15) is 59.8 Å². The van der Waals surface area contributed by atoms with Crippen LogP contribution in [0.3, 0.4) is 0 Å². The standard InChI is InChI=1S/C22H32O4/c1-7-14(22(5)11-9-10-21(3,4)18(22)8-2)12-15-19(24)16(23)13-17(26-6)20(15)25/h7,13-14,18,24H,1,8-12H2,2-6H3/t14-,18?,22-/m1/s1. The zero-order valence-electron chi connectivity index (χ0n) is 16.7. The summed E-state index contributed by atoms with van der Waals surface area (Å²) in [5, 5.41) is 10.2. The maximum Gasteiger partial charge on any atom is 0.227 e. The van der Waals surface area contributed by atoms with Crippen molar-refractivity contribution >= 4 is 11.6 Å². The van der Waals surface area contributed by atoms with Crippen LogP contribution in [0, 0.1) is 22.7 Å². The molecule has 4 heteroatoms. The molecule has 0 spiro atoms. The van der Waals surface area contributed by atoms with E-state index in [1.165, 1.54) is 13.5 Å². The van der Waals surface area contributed by atoms with E-state index in [2.05, 4.69) is 34.3 Å². The first-order chi connectivity index (χ1) is 12.1. The van der Waals surface area contributed by atoms with Gasteiger partial charge in [-0.3, -0.25) is 9.59 Å². The molecule has 0 aliphatic heterocycles. The van der Waals surface area contributed by atoms with E-state index in [0.717, 1.165) is 25.3 Å². The molecule has 144 valence electrons. The minimum atomic E-state index is -0.569. The molecule has 0 amide bonds. The molecule has 4 nitrogen and oxygen atoms in total. The van der Waals surface area contributed by atoms with Gasteiger partial charge in [-0.05, 0) is 41.9 Å². The Morgan fingerprint density at radius 3 is 2.54 bits per heavy atom. The van der Waals surface area contributed by atoms with E-state index in [9.17, 15) is 14.7 Å². The summed E-state index contributed by atoms with van der Waals surface area (Å²) in [6.45, 7) is 13.1. The Bertz CT molecular complexity index is 668. The molecule has 0 radical (unpaired) electrons. The molecule has 2 aliphatic rings. The number of aliphatic hydroxyl groups excluding tert-OH is 1. The van der Waals surface area contributed by atoms with Crippen molar-refractivity contribution in [1.29, 1.82) is 0 Å². The Balaban J connectivity index is 2.39. The van der Waals surface area contributed by atoms with E-state index in [-0.39, 0.29) is 28.1 Å². The summed E-state index contributed by atoms with van der Waals surface area (Å²) in [5.41, 5.74) is 0.325. The van der Waals surface area contributed by atoms with E-state index in [0.29, 0.717) is 12.3 Å². The number of allylic oxidation sites excluding steroid dienone is 3. The van der Waals surface area contributed by atoms with Gasteiger partial charge in [-0.15, -0.1) is 6.58 Å². The number of Topliss-reactive ketones (excluding diaryl/α,β-unsaturated/α-hetero) is 1. The third-order valence-electron chi connectivity index (χ3n) is 6.74. The van der Waals surface area contributed by atoms with Gasteiger partial charge in [0.15, 0.2) is 11.5 Å². The molecule has 2 aliphatic carbocycles. The summed E-state index contributed by atoms with van der Waals surface area (Å²) in [4.78, 5) is 24.7. The first-order valence-electron chi connectivity index (χ1n) is 9.51. The minimum Gasteiger partial charge on any atom is -0.504 e. The van der Waals surface area contributed by atoms with Gasteiger partial charge in [0.1, 0.15) is 0 Å². The first-order valence-corrected chi connectivity index (χ1v) is 9.51. The van der Waals surface area contributed by atoms with Gasteiger partial charge >= 0.3 is 0 Å². The molecule has 2 rings (SSSR count). The second kappa shape index (κ2) is 7.42. The van der Waals surface area contributed by atoms with E-state index in [4.69, 9.17) is 4.74 Å². The van der Waals surface area contributed by atoms with Crippen molar-refractivity contribution in [3.63, 3.8) is 0 Å². The Hall–Kier alpha value is -1.84. The highest BCUT2D eigenvalue weighted by atomic mass is 16.5. The summed E-state index contributed by atoms with van der Waals surface area (Å²) in [6.07, 6.45) is 7.68. The molecule has 0 saturated heterocycles. The van der Waals surface area contributed by atoms with Crippen molar-refractivity contribution in [3.8, 4) is 0 Å². The van der Waals surface area contributed by atoms with Crippen LogP contribution in [0.4, 0.5) is 0 Å². The molecule has 26 heavy (non-hydrogen) atoms. The number of hydrogen-bond acceptors (Lipinski definition) is 4. The Morgan fingerprint density at radius 2 is 2.00 bits per heavy atom. The summed E-state index contributed by atoms with van der Waals surface area (Å²) < 4.78 is 5.03. The molecule has 3 atom stereocenters. The van der Waals surface area contributed by atoms with Crippen molar-refractivity contribution in [3.05, 3.63) is 35.8 Å². The molecule has 0 heterocycles. The third kappa shape index (κ3) is 3.38. The fourth-order valence-electron chi connectivity index (χ4n) is 5.43. The van der Waals surface area contributed by atoms with E-state index >= 15 is 0 Å². The van der Waals surface area contributed by atoms with E-state index in [1.807, 2.05) is 6.08 Å². The van der Waals surface area contributed by atoms with Gasteiger partial charge in [-0.2, -0.15) is 0 Å². The smallest absolute Gasteiger partial charge is 0.227 e. The normalized spacial score (nSPS) is 30.0. The highest BCUT2D eigenvalue weighted by molar-refractivity contribution is 6.20. The van der Waals surface area contributed by atoms with Gasteiger partial charge in [0.05, 0.1) is 7.11 Å². The number of hydrogen-bond donors (Lipinski definition) is 1. The van der Waals surface area contributed by atoms with E-state index < -0.39 is 17.3 Å². The average Bonchev–Trinajstić information content (AvgIpc) is 2.57. The number of carbonyl (C=O) groups excluding carboxylic acids is 2. The second-order valence-electron chi connectivity index (χ2n) is 8.59. The van der Waals surface area contributed by atoms with Crippen molar-refractivity contribution in [2.45, 2.75) is 59.8 Å². The maximum atomic E-state index is 12.6. The minimum absolute atomic E-state index is 0.00266. The lowest BCUT2D eigenvalue weighted by Crippen LogP contribution is -2.46. The predicted octanol–water partition coefficient (Wildman–Crippen LogP) is 4.92. The van der Waals surface area contributed by atoms with Gasteiger partial charge in [0.25, 0.3) is 0 Å². The van der Waals surface area contributed by atoms with Gasteiger partial charge in [0.2, 0.25) is 11.6 Å². The van der Waals surface area contributed by atoms with Crippen molar-refractivity contribution in [2.24, 2.45) is 22.7 Å². The fraction of sp³-hybridized carbons (Fsp3) is 0.636. The molecular formula is C22H32O4. The summed E-state index contributed by atoms with van der Waals surface area (Å²) in [5.74, 6) is -0.955. The predicted molar refractivity (Wildman–Crippen MR) is 103 cm³/mol. The number of ether oxygens (including phenoxy) is 1. The van der Waals surface area contributed by atoms with Crippen LogP contribution >= 0.6 is 0 Å². The van der Waals surface area contributed by atoms with E-state index in [1.54, 1.807) is 0 Å². The molecule has 1 unspecified atom stereocenters. The lowest BCUT2D eigenvalue weighted by Gasteiger charge is -2.54. The van der Waals surface area contributed by atoms with Crippen molar-refractivity contribution < 1.29 is 19.4 Å². The zero-order valence-corrected chi connectivity index (χ0v) is 16.7. The number of aliphatic hydroxyl groups is 1. The molecule has 0 aromatic rings. The molecule has 1 N–H and O–H groups in total. The topological polar surface area (TPSA) is 63.6 Å². The second-order valence-corrected chi connectivity index (χ2v) is 8.59. The largest absolute Gasteiger partial charge is 0.504 e. The highest BCUT2D eigenvalue weighted by Crippen LogP contribution is 2.57. The zero-order chi connectivity index (χ0) is 19.7. The van der Waals surface area contributed by atoms with Gasteiger partial charge in [-0.1, -0.05) is 46.6 Å². The number of ketones is 2. The van der Waals surface area contributed by atoms with Gasteiger partial charge in [-0.25, -0.2) is 0 Å². The Labute approximate surface area is 157 Å². The summed E-state index contributed by atoms with van der Waals surface area (Å²) in [6, 6.07) is 0. The molecule has 1 fully saturated rings.